The highest BCUT2D eigenvalue weighted by Crippen LogP contribution is 2.27. The van der Waals surface area contributed by atoms with Crippen molar-refractivity contribution in [3.8, 4) is 5.75 Å². The molecule has 0 radical (unpaired) electrons. The van der Waals surface area contributed by atoms with Gasteiger partial charge in [0.1, 0.15) is 11.9 Å². The van der Waals surface area contributed by atoms with Crippen LogP contribution in [-0.2, 0) is 9.53 Å². The van der Waals surface area contributed by atoms with E-state index in [4.69, 9.17) is 21.1 Å². The van der Waals surface area contributed by atoms with Gasteiger partial charge in [-0.25, -0.2) is 0 Å². The molecule has 1 aliphatic rings. The van der Waals surface area contributed by atoms with Gasteiger partial charge in [-0.15, -0.1) is 12.4 Å². The van der Waals surface area contributed by atoms with Crippen LogP contribution >= 0.6 is 24.0 Å². The summed E-state index contributed by atoms with van der Waals surface area (Å²) >= 11 is 5.91. The van der Waals surface area contributed by atoms with Crippen LogP contribution in [-0.4, -0.2) is 38.8 Å². The summed E-state index contributed by atoms with van der Waals surface area (Å²) in [6.07, 6.45) is -0.458. The average molecular weight is 307 g/mol. The molecule has 19 heavy (non-hydrogen) atoms. The van der Waals surface area contributed by atoms with Gasteiger partial charge in [0.05, 0.1) is 18.7 Å². The van der Waals surface area contributed by atoms with Gasteiger partial charge in [0.25, 0.3) is 5.91 Å². The van der Waals surface area contributed by atoms with E-state index < -0.39 is 6.10 Å². The van der Waals surface area contributed by atoms with E-state index in [1.54, 1.807) is 18.2 Å². The number of ether oxygens (including phenoxy) is 2. The first-order valence-electron chi connectivity index (χ1n) is 5.67. The molecular weight excluding hydrogens is 291 g/mol. The standard InChI is InChI=1S/C12H15ClN2O3.ClH/c1-17-10-6-8(2-3-9(10)13)15-12(16)11-7-14-4-5-18-11;/h2-3,6,11,14H,4-5,7H2,1H3,(H,15,16);1H. The zero-order valence-electron chi connectivity index (χ0n) is 10.4. The second-order valence-electron chi connectivity index (χ2n) is 3.90. The summed E-state index contributed by atoms with van der Waals surface area (Å²) in [4.78, 5) is 11.9. The minimum Gasteiger partial charge on any atom is -0.495 e. The molecule has 0 saturated carbocycles. The molecule has 1 unspecified atom stereocenters. The zero-order chi connectivity index (χ0) is 13.0. The van der Waals surface area contributed by atoms with Crippen LogP contribution < -0.4 is 15.4 Å². The Kier molecular flexibility index (Phi) is 6.37. The lowest BCUT2D eigenvalue weighted by Gasteiger charge is -2.22. The number of benzene rings is 1. The van der Waals surface area contributed by atoms with E-state index in [0.717, 1.165) is 6.54 Å². The Labute approximate surface area is 123 Å². The highest BCUT2D eigenvalue weighted by atomic mass is 35.5. The summed E-state index contributed by atoms with van der Waals surface area (Å²) in [5.74, 6) is 0.351. The molecule has 1 heterocycles. The van der Waals surface area contributed by atoms with Gasteiger partial charge in [-0.3, -0.25) is 4.79 Å². The van der Waals surface area contributed by atoms with Gasteiger partial charge in [0, 0.05) is 24.8 Å². The van der Waals surface area contributed by atoms with Crippen molar-refractivity contribution in [3.05, 3.63) is 23.2 Å². The lowest BCUT2D eigenvalue weighted by atomic mass is 10.2. The summed E-state index contributed by atoms with van der Waals surface area (Å²) < 4.78 is 10.4. The average Bonchev–Trinajstić information content (AvgIpc) is 2.42. The van der Waals surface area contributed by atoms with Crippen molar-refractivity contribution in [1.29, 1.82) is 0 Å². The number of methoxy groups -OCH3 is 1. The Morgan fingerprint density at radius 1 is 1.58 bits per heavy atom. The van der Waals surface area contributed by atoms with E-state index in [9.17, 15) is 4.79 Å². The number of hydrogen-bond donors (Lipinski definition) is 2. The second kappa shape index (κ2) is 7.55. The van der Waals surface area contributed by atoms with Crippen LogP contribution in [0.1, 0.15) is 0 Å². The molecule has 1 saturated heterocycles. The minimum absolute atomic E-state index is 0. The molecule has 2 N–H and O–H groups in total. The molecule has 1 amide bonds. The van der Waals surface area contributed by atoms with Gasteiger partial charge in [-0.05, 0) is 12.1 Å². The maximum absolute atomic E-state index is 11.9. The Hall–Kier alpha value is -1.01. The molecular formula is C12H16Cl2N2O3. The molecule has 1 fully saturated rings. The van der Waals surface area contributed by atoms with E-state index in [0.29, 0.717) is 29.6 Å². The zero-order valence-corrected chi connectivity index (χ0v) is 12.0. The van der Waals surface area contributed by atoms with E-state index >= 15 is 0 Å². The topological polar surface area (TPSA) is 59.6 Å². The van der Waals surface area contributed by atoms with Crippen molar-refractivity contribution in [2.45, 2.75) is 6.10 Å². The predicted molar refractivity (Wildman–Crippen MR) is 76.5 cm³/mol. The van der Waals surface area contributed by atoms with Crippen molar-refractivity contribution >= 4 is 35.6 Å². The van der Waals surface area contributed by atoms with Crippen molar-refractivity contribution in [2.75, 3.05) is 32.1 Å². The molecule has 0 bridgehead atoms. The summed E-state index contributed by atoms with van der Waals surface area (Å²) in [5, 5.41) is 6.38. The van der Waals surface area contributed by atoms with Crippen LogP contribution in [0.5, 0.6) is 5.75 Å². The first kappa shape index (κ1) is 16.0. The Balaban J connectivity index is 0.00000180. The number of rotatable bonds is 3. The van der Waals surface area contributed by atoms with Crippen molar-refractivity contribution < 1.29 is 14.3 Å². The van der Waals surface area contributed by atoms with Gasteiger partial charge in [-0.2, -0.15) is 0 Å². The van der Waals surface area contributed by atoms with Crippen molar-refractivity contribution in [3.63, 3.8) is 0 Å². The van der Waals surface area contributed by atoms with E-state index in [2.05, 4.69) is 10.6 Å². The summed E-state index contributed by atoms with van der Waals surface area (Å²) in [6.45, 7) is 1.84. The number of anilines is 1. The number of halogens is 2. The fourth-order valence-corrected chi connectivity index (χ4v) is 1.89. The highest BCUT2D eigenvalue weighted by molar-refractivity contribution is 6.32. The summed E-state index contributed by atoms with van der Waals surface area (Å²) in [6, 6.07) is 5.07. The second-order valence-corrected chi connectivity index (χ2v) is 4.31. The van der Waals surface area contributed by atoms with Gasteiger partial charge in [-0.1, -0.05) is 11.6 Å². The number of nitrogens with one attached hydrogen (secondary N) is 2. The monoisotopic (exact) mass is 306 g/mol. The molecule has 1 aromatic rings. The predicted octanol–water partition coefficient (Wildman–Crippen LogP) is 1.70. The number of carbonyl (C=O) groups is 1. The molecule has 0 spiro atoms. The van der Waals surface area contributed by atoms with Crippen LogP contribution in [0.2, 0.25) is 5.02 Å². The van der Waals surface area contributed by atoms with Crippen LogP contribution in [0, 0.1) is 0 Å². The minimum atomic E-state index is -0.458. The SMILES string of the molecule is COc1cc(NC(=O)C2CNCCO2)ccc1Cl.Cl. The summed E-state index contributed by atoms with van der Waals surface area (Å²) in [7, 11) is 1.53. The third-order valence-electron chi connectivity index (χ3n) is 2.64. The fourth-order valence-electron chi connectivity index (χ4n) is 1.69. The van der Waals surface area contributed by atoms with E-state index in [-0.39, 0.29) is 18.3 Å². The van der Waals surface area contributed by atoms with E-state index in [1.807, 2.05) is 0 Å². The van der Waals surface area contributed by atoms with Gasteiger partial charge in [0.15, 0.2) is 0 Å². The Morgan fingerprint density at radius 3 is 3.00 bits per heavy atom. The molecule has 1 atom stereocenters. The van der Waals surface area contributed by atoms with Gasteiger partial charge in [0.2, 0.25) is 0 Å². The quantitative estimate of drug-likeness (QED) is 0.892. The van der Waals surface area contributed by atoms with Gasteiger partial charge >= 0.3 is 0 Å². The summed E-state index contributed by atoms with van der Waals surface area (Å²) in [5.41, 5.74) is 0.635. The smallest absolute Gasteiger partial charge is 0.254 e. The molecule has 0 aliphatic carbocycles. The first-order valence-corrected chi connectivity index (χ1v) is 6.05. The highest BCUT2D eigenvalue weighted by Gasteiger charge is 2.21. The van der Waals surface area contributed by atoms with Crippen LogP contribution in [0.3, 0.4) is 0 Å². The maximum Gasteiger partial charge on any atom is 0.254 e. The normalized spacial score (nSPS) is 18.3. The van der Waals surface area contributed by atoms with Crippen LogP contribution in [0.25, 0.3) is 0 Å². The van der Waals surface area contributed by atoms with Crippen LogP contribution in [0.4, 0.5) is 5.69 Å². The molecule has 2 rings (SSSR count). The number of hydrogen-bond acceptors (Lipinski definition) is 4. The lowest BCUT2D eigenvalue weighted by molar-refractivity contribution is -0.128. The Bertz CT molecular complexity index is 437. The first-order chi connectivity index (χ1) is 8.70. The van der Waals surface area contributed by atoms with Crippen molar-refractivity contribution in [1.82, 2.24) is 5.32 Å². The fraction of sp³-hybridized carbons (Fsp3) is 0.417. The number of morpholine rings is 1. The lowest BCUT2D eigenvalue weighted by Crippen LogP contribution is -2.45. The Morgan fingerprint density at radius 2 is 2.37 bits per heavy atom. The number of carbonyl (C=O) groups excluding carboxylic acids is 1. The van der Waals surface area contributed by atoms with E-state index in [1.165, 1.54) is 7.11 Å². The van der Waals surface area contributed by atoms with Crippen LogP contribution in [0.15, 0.2) is 18.2 Å². The third kappa shape index (κ3) is 4.24. The van der Waals surface area contributed by atoms with Crippen molar-refractivity contribution in [2.24, 2.45) is 0 Å². The third-order valence-corrected chi connectivity index (χ3v) is 2.95. The van der Waals surface area contributed by atoms with Gasteiger partial charge < -0.3 is 20.1 Å². The molecule has 106 valence electrons. The molecule has 1 aliphatic heterocycles. The molecule has 0 aromatic heterocycles. The molecule has 1 aromatic carbocycles. The molecule has 5 nitrogen and oxygen atoms in total. The maximum atomic E-state index is 11.9. The molecule has 7 heteroatoms. The number of amides is 1. The largest absolute Gasteiger partial charge is 0.495 e.